The van der Waals surface area contributed by atoms with Crippen LogP contribution in [0.3, 0.4) is 0 Å². The molecule has 3 amide bonds. The summed E-state index contributed by atoms with van der Waals surface area (Å²) < 4.78 is 1.73. The summed E-state index contributed by atoms with van der Waals surface area (Å²) >= 11 is 0. The number of amides is 3. The number of fused-ring (bicyclic) bond motifs is 5. The SMILES string of the molecule is Cc1ccc(C)n1NC(=O)c1cccc(N2C(=O)[C@@H]3[C@H]4CC[C@@H](C4)[C@@H]3C2=O)c1. The third-order valence-electron chi connectivity index (χ3n) is 6.78. The predicted octanol–water partition coefficient (Wildman–Crippen LogP) is 3.02. The molecule has 2 heterocycles. The molecule has 3 fully saturated rings. The maximum Gasteiger partial charge on any atom is 0.270 e. The maximum absolute atomic E-state index is 13.0. The number of rotatable bonds is 3. The van der Waals surface area contributed by atoms with Crippen molar-refractivity contribution in [3.63, 3.8) is 0 Å². The number of benzene rings is 1. The van der Waals surface area contributed by atoms with Crippen LogP contribution in [0.15, 0.2) is 36.4 Å². The van der Waals surface area contributed by atoms with Gasteiger partial charge >= 0.3 is 0 Å². The lowest BCUT2D eigenvalue weighted by Crippen LogP contribution is -2.33. The molecular weight excluding hydrogens is 354 g/mol. The van der Waals surface area contributed by atoms with Crippen molar-refractivity contribution >= 4 is 23.4 Å². The van der Waals surface area contributed by atoms with Gasteiger partial charge in [-0.3, -0.25) is 29.4 Å². The van der Waals surface area contributed by atoms with E-state index in [2.05, 4.69) is 5.43 Å². The fraction of sp³-hybridized carbons (Fsp3) is 0.409. The number of hydrogen-bond donors (Lipinski definition) is 1. The number of anilines is 1. The molecule has 1 aromatic carbocycles. The zero-order valence-corrected chi connectivity index (χ0v) is 16.0. The molecule has 2 aromatic rings. The van der Waals surface area contributed by atoms with Crippen LogP contribution in [-0.2, 0) is 9.59 Å². The fourth-order valence-corrected chi connectivity index (χ4v) is 5.46. The van der Waals surface area contributed by atoms with E-state index in [1.165, 1.54) is 4.90 Å². The summed E-state index contributed by atoms with van der Waals surface area (Å²) in [5.74, 6) is -0.0645. The van der Waals surface area contributed by atoms with E-state index in [0.717, 1.165) is 30.7 Å². The lowest BCUT2D eigenvalue weighted by atomic mass is 9.81. The highest BCUT2D eigenvalue weighted by atomic mass is 16.2. The Morgan fingerprint density at radius 1 is 0.964 bits per heavy atom. The molecule has 5 rings (SSSR count). The molecule has 0 radical (unpaired) electrons. The monoisotopic (exact) mass is 377 g/mol. The minimum Gasteiger partial charge on any atom is -0.274 e. The molecule has 1 aliphatic heterocycles. The van der Waals surface area contributed by atoms with Gasteiger partial charge in [-0.1, -0.05) is 6.07 Å². The Morgan fingerprint density at radius 2 is 1.57 bits per heavy atom. The van der Waals surface area contributed by atoms with Gasteiger partial charge in [0.25, 0.3) is 5.91 Å². The molecule has 1 saturated heterocycles. The first-order valence-corrected chi connectivity index (χ1v) is 9.90. The summed E-state index contributed by atoms with van der Waals surface area (Å²) in [7, 11) is 0. The van der Waals surface area contributed by atoms with Crippen molar-refractivity contribution in [1.82, 2.24) is 4.68 Å². The number of aromatic nitrogens is 1. The molecule has 2 saturated carbocycles. The first-order valence-electron chi connectivity index (χ1n) is 9.90. The number of nitrogens with one attached hydrogen (secondary N) is 1. The van der Waals surface area contributed by atoms with Gasteiger partial charge in [-0.2, -0.15) is 0 Å². The van der Waals surface area contributed by atoms with Gasteiger partial charge in [0.1, 0.15) is 0 Å². The van der Waals surface area contributed by atoms with Crippen LogP contribution >= 0.6 is 0 Å². The van der Waals surface area contributed by atoms with Gasteiger partial charge in [0.2, 0.25) is 11.8 Å². The summed E-state index contributed by atoms with van der Waals surface area (Å²) in [5.41, 5.74) is 5.64. The van der Waals surface area contributed by atoms with E-state index < -0.39 is 0 Å². The van der Waals surface area contributed by atoms with Crippen molar-refractivity contribution < 1.29 is 14.4 Å². The second-order valence-corrected chi connectivity index (χ2v) is 8.34. The summed E-state index contributed by atoms with van der Waals surface area (Å²) in [5, 5.41) is 0. The summed E-state index contributed by atoms with van der Waals surface area (Å²) in [6, 6.07) is 10.7. The standard InChI is InChI=1S/C22H23N3O3/c1-12-6-7-13(2)25(12)23-20(26)16-4-3-5-17(11-16)24-21(27)18-14-8-9-15(10-14)19(18)22(24)28/h3-7,11,14-15,18-19H,8-10H2,1-2H3,(H,23,26)/t14-,15-,18-,19+/m0/s1. The number of carbonyl (C=O) groups excluding carboxylic acids is 3. The van der Waals surface area contributed by atoms with E-state index in [4.69, 9.17) is 0 Å². The average molecular weight is 377 g/mol. The molecule has 0 unspecified atom stereocenters. The van der Waals surface area contributed by atoms with Crippen molar-refractivity contribution in [2.75, 3.05) is 10.3 Å². The summed E-state index contributed by atoms with van der Waals surface area (Å²) in [4.78, 5) is 40.1. The van der Waals surface area contributed by atoms with Gasteiger partial charge in [0.15, 0.2) is 0 Å². The van der Waals surface area contributed by atoms with Crippen LogP contribution in [0, 0.1) is 37.5 Å². The Kier molecular flexibility index (Phi) is 3.73. The van der Waals surface area contributed by atoms with Crippen LogP contribution < -0.4 is 10.3 Å². The van der Waals surface area contributed by atoms with Crippen LogP contribution in [0.2, 0.25) is 0 Å². The Labute approximate surface area is 163 Å². The van der Waals surface area contributed by atoms with E-state index >= 15 is 0 Å². The zero-order chi connectivity index (χ0) is 19.6. The van der Waals surface area contributed by atoms with Crippen molar-refractivity contribution in [3.05, 3.63) is 53.3 Å². The molecule has 0 spiro atoms. The molecule has 6 nitrogen and oxygen atoms in total. The first kappa shape index (κ1) is 17.2. The van der Waals surface area contributed by atoms with Gasteiger partial charge in [-0.05, 0) is 75.3 Å². The number of aryl methyl sites for hydroxylation is 2. The van der Waals surface area contributed by atoms with Gasteiger partial charge in [0.05, 0.1) is 17.5 Å². The molecule has 6 heteroatoms. The van der Waals surface area contributed by atoms with Gasteiger partial charge < -0.3 is 0 Å². The second kappa shape index (κ2) is 6.06. The van der Waals surface area contributed by atoms with Crippen molar-refractivity contribution in [2.24, 2.45) is 23.7 Å². The lowest BCUT2D eigenvalue weighted by Gasteiger charge is -2.19. The molecule has 1 aromatic heterocycles. The van der Waals surface area contributed by atoms with Crippen LogP contribution in [0.5, 0.6) is 0 Å². The van der Waals surface area contributed by atoms with Gasteiger partial charge in [-0.25, -0.2) is 0 Å². The average Bonchev–Trinajstić information content (AvgIpc) is 3.43. The van der Waals surface area contributed by atoms with Crippen LogP contribution in [0.1, 0.15) is 41.0 Å². The molecule has 28 heavy (non-hydrogen) atoms. The third-order valence-corrected chi connectivity index (χ3v) is 6.78. The van der Waals surface area contributed by atoms with E-state index in [9.17, 15) is 14.4 Å². The van der Waals surface area contributed by atoms with E-state index in [1.807, 2.05) is 26.0 Å². The Hall–Kier alpha value is -2.89. The molecular formula is C22H23N3O3. The number of hydrogen-bond acceptors (Lipinski definition) is 3. The van der Waals surface area contributed by atoms with Gasteiger partial charge in [0, 0.05) is 17.0 Å². The smallest absolute Gasteiger partial charge is 0.270 e. The zero-order valence-electron chi connectivity index (χ0n) is 16.0. The number of carbonyl (C=O) groups is 3. The van der Waals surface area contributed by atoms with Crippen molar-refractivity contribution in [1.29, 1.82) is 0 Å². The van der Waals surface area contributed by atoms with E-state index in [-0.39, 0.29) is 29.6 Å². The molecule has 3 aliphatic rings. The van der Waals surface area contributed by atoms with Crippen LogP contribution in [0.4, 0.5) is 5.69 Å². The highest BCUT2D eigenvalue weighted by molar-refractivity contribution is 6.23. The van der Waals surface area contributed by atoms with E-state index in [1.54, 1.807) is 28.9 Å². The molecule has 4 atom stereocenters. The third kappa shape index (κ3) is 2.37. The largest absolute Gasteiger partial charge is 0.274 e. The second-order valence-electron chi connectivity index (χ2n) is 8.34. The fourth-order valence-electron chi connectivity index (χ4n) is 5.46. The number of imide groups is 1. The Morgan fingerprint density at radius 3 is 2.18 bits per heavy atom. The van der Waals surface area contributed by atoms with Crippen LogP contribution in [-0.4, -0.2) is 22.4 Å². The highest BCUT2D eigenvalue weighted by Crippen LogP contribution is 2.56. The summed E-state index contributed by atoms with van der Waals surface area (Å²) in [6.45, 7) is 3.83. The minimum atomic E-state index is -0.274. The Bertz CT molecular complexity index is 961. The molecule has 2 bridgehead atoms. The summed E-state index contributed by atoms with van der Waals surface area (Å²) in [6.07, 6.45) is 3.12. The quantitative estimate of drug-likeness (QED) is 0.836. The molecule has 2 aliphatic carbocycles. The van der Waals surface area contributed by atoms with E-state index in [0.29, 0.717) is 23.1 Å². The van der Waals surface area contributed by atoms with Crippen LogP contribution in [0.25, 0.3) is 0 Å². The minimum absolute atomic E-state index is 0.0862. The van der Waals surface area contributed by atoms with Gasteiger partial charge in [-0.15, -0.1) is 0 Å². The maximum atomic E-state index is 13.0. The van der Waals surface area contributed by atoms with Crippen molar-refractivity contribution in [3.8, 4) is 0 Å². The molecule has 1 N–H and O–H groups in total. The lowest BCUT2D eigenvalue weighted by molar-refractivity contribution is -0.123. The first-order chi connectivity index (χ1) is 13.5. The topological polar surface area (TPSA) is 71.4 Å². The highest BCUT2D eigenvalue weighted by Gasteiger charge is 2.61. The number of nitrogens with zero attached hydrogens (tertiary/aromatic N) is 2. The normalized spacial score (nSPS) is 28.1. The molecule has 144 valence electrons. The Balaban J connectivity index is 1.43. The predicted molar refractivity (Wildman–Crippen MR) is 104 cm³/mol. The van der Waals surface area contributed by atoms with Crippen molar-refractivity contribution in [2.45, 2.75) is 33.1 Å².